The normalized spacial score (nSPS) is 8.57. The van der Waals surface area contributed by atoms with Gasteiger partial charge in [0.15, 0.2) is 0 Å². The molecule has 2 nitrogen and oxygen atoms in total. The van der Waals surface area contributed by atoms with Crippen LogP contribution in [-0.2, 0) is 0 Å². The van der Waals surface area contributed by atoms with Crippen LogP contribution in [0, 0.1) is 0 Å². The lowest BCUT2D eigenvalue weighted by Crippen LogP contribution is -2.00. The molecule has 1 aromatic rings. The van der Waals surface area contributed by atoms with E-state index in [4.69, 9.17) is 0 Å². The summed E-state index contributed by atoms with van der Waals surface area (Å²) >= 11 is 0. The van der Waals surface area contributed by atoms with Crippen molar-refractivity contribution in [2.24, 2.45) is 0 Å². The zero-order valence-corrected chi connectivity index (χ0v) is 4.78. The summed E-state index contributed by atoms with van der Waals surface area (Å²) in [4.78, 5) is 10.2. The van der Waals surface area contributed by atoms with Gasteiger partial charge in [-0.15, -0.1) is 0 Å². The van der Waals surface area contributed by atoms with Crippen molar-refractivity contribution < 1.29 is 4.42 Å². The van der Waals surface area contributed by atoms with Gasteiger partial charge in [-0.25, -0.2) is 0 Å². The van der Waals surface area contributed by atoms with E-state index >= 15 is 0 Å². The molecule has 0 N–H and O–H groups in total. The van der Waals surface area contributed by atoms with E-state index in [1.807, 2.05) is 5.68 Å². The van der Waals surface area contributed by atoms with Gasteiger partial charge in [-0.05, 0) is 6.07 Å². The molecule has 7 heavy (non-hydrogen) atoms. The van der Waals surface area contributed by atoms with Crippen molar-refractivity contribution >= 4 is 9.12 Å². The minimum atomic E-state index is -0.219. The Balaban J connectivity index is 3.28. The molecule has 3 heteroatoms. The number of rotatable bonds is 0. The lowest BCUT2D eigenvalue weighted by Gasteiger charge is -1.72. The minimum absolute atomic E-state index is 0.0949. The molecular weight excluding hydrogens is 108 g/mol. The molecule has 1 heterocycles. The molecule has 1 aromatic heterocycles. The Morgan fingerprint density at radius 1 is 1.71 bits per heavy atom. The Morgan fingerprint density at radius 2 is 2.57 bits per heavy atom. The van der Waals surface area contributed by atoms with Crippen LogP contribution in [0.15, 0.2) is 27.2 Å². The van der Waals surface area contributed by atoms with Crippen LogP contribution in [0.1, 0.15) is 0 Å². The highest BCUT2D eigenvalue weighted by atomic mass is 28.2. The fourth-order valence-corrected chi connectivity index (χ4v) is 0.841. The molecule has 0 bridgehead atoms. The topological polar surface area (TPSA) is 30.2 Å². The van der Waals surface area contributed by atoms with Crippen molar-refractivity contribution in [3.8, 4) is 0 Å². The third-order valence-electron chi connectivity index (χ3n) is 0.606. The maximum atomic E-state index is 10.2. The van der Waals surface area contributed by atoms with Crippen molar-refractivity contribution in [3.63, 3.8) is 0 Å². The SMILES string of the molecule is O=c1occc[siH]1. The summed E-state index contributed by atoms with van der Waals surface area (Å²) in [5.74, 6) is 0. The highest BCUT2D eigenvalue weighted by Gasteiger charge is 1.73. The molecule has 0 aliphatic carbocycles. The van der Waals surface area contributed by atoms with E-state index in [-0.39, 0.29) is 14.4 Å². The van der Waals surface area contributed by atoms with Crippen LogP contribution in [0.3, 0.4) is 0 Å². The molecule has 0 saturated carbocycles. The average Bonchev–Trinajstić information content (AvgIpc) is 1.69. The summed E-state index contributed by atoms with van der Waals surface area (Å²) in [7, 11) is -0.219. The van der Waals surface area contributed by atoms with Gasteiger partial charge in [-0.2, -0.15) is 0 Å². The molecule has 0 aromatic carbocycles. The van der Waals surface area contributed by atoms with Gasteiger partial charge >= 0.3 is 0 Å². The van der Waals surface area contributed by atoms with E-state index in [1.165, 1.54) is 6.26 Å². The Kier molecular flexibility index (Phi) is 1.17. The summed E-state index contributed by atoms with van der Waals surface area (Å²) in [6.45, 7) is 0. The van der Waals surface area contributed by atoms with Gasteiger partial charge in [0.1, 0.15) is 9.12 Å². The summed E-state index contributed by atoms with van der Waals surface area (Å²) in [6.07, 6.45) is 1.40. The lowest BCUT2D eigenvalue weighted by atomic mass is 10.8. The first-order valence-electron chi connectivity index (χ1n) is 1.93. The Hall–Kier alpha value is -0.703. The molecule has 0 fully saturated rings. The predicted octanol–water partition coefficient (Wildman–Crippen LogP) is -0.290. The highest BCUT2D eigenvalue weighted by molar-refractivity contribution is 6.25. The molecule has 1 rings (SSSR count). The second kappa shape index (κ2) is 1.84. The molecule has 0 radical (unpaired) electrons. The summed E-state index contributed by atoms with van der Waals surface area (Å²) in [5.41, 5.74) is 1.84. The monoisotopic (exact) mass is 112 g/mol. The molecular formula is C4H4O2Si. The van der Waals surface area contributed by atoms with Gasteiger partial charge in [-0.1, -0.05) is 5.68 Å². The second-order valence-electron chi connectivity index (χ2n) is 1.12. The molecule has 0 atom stereocenters. The van der Waals surface area contributed by atoms with Crippen LogP contribution in [0.2, 0.25) is 0 Å². The molecule has 0 aliphatic rings. The van der Waals surface area contributed by atoms with Crippen molar-refractivity contribution in [1.29, 1.82) is 0 Å². The maximum absolute atomic E-state index is 10.2. The third kappa shape index (κ3) is 1.08. The minimum Gasteiger partial charge on any atom is -0.436 e. The van der Waals surface area contributed by atoms with Crippen LogP contribution in [0.4, 0.5) is 0 Å². The van der Waals surface area contributed by atoms with Gasteiger partial charge in [0.2, 0.25) is 0 Å². The Bertz CT molecular complexity index is 175. The first-order valence-corrected chi connectivity index (χ1v) is 3.18. The zero-order valence-electron chi connectivity index (χ0n) is 3.63. The van der Waals surface area contributed by atoms with Gasteiger partial charge < -0.3 is 4.42 Å². The molecule has 0 unspecified atom stereocenters. The molecule has 0 aliphatic heterocycles. The Morgan fingerprint density at radius 3 is 2.86 bits per heavy atom. The summed E-state index contributed by atoms with van der Waals surface area (Å²) < 4.78 is 4.46. The molecule has 0 saturated heterocycles. The van der Waals surface area contributed by atoms with E-state index in [9.17, 15) is 4.79 Å². The van der Waals surface area contributed by atoms with Crippen LogP contribution in [-0.4, -0.2) is 9.12 Å². The standard InChI is InChI=1S/C4H4O2Si/c5-4-6-2-1-3-7-4/h1-3,7H. The van der Waals surface area contributed by atoms with E-state index in [2.05, 4.69) is 4.42 Å². The van der Waals surface area contributed by atoms with E-state index < -0.39 is 0 Å². The highest BCUT2D eigenvalue weighted by Crippen LogP contribution is 1.66. The average molecular weight is 112 g/mol. The fraction of sp³-hybridized carbons (Fsp3) is 0. The van der Waals surface area contributed by atoms with Gasteiger partial charge in [0, 0.05) is 0 Å². The first-order chi connectivity index (χ1) is 3.39. The third-order valence-corrected chi connectivity index (χ3v) is 1.43. The van der Waals surface area contributed by atoms with Crippen LogP contribution in [0.5, 0.6) is 0 Å². The number of hydrogen-bond acceptors (Lipinski definition) is 2. The molecule has 36 valence electrons. The zero-order chi connectivity index (χ0) is 5.11. The van der Waals surface area contributed by atoms with Crippen molar-refractivity contribution in [2.75, 3.05) is 0 Å². The van der Waals surface area contributed by atoms with E-state index in [0.717, 1.165) is 0 Å². The van der Waals surface area contributed by atoms with Crippen molar-refractivity contribution in [3.05, 3.63) is 28.0 Å². The largest absolute Gasteiger partial charge is 0.436 e. The van der Waals surface area contributed by atoms with Gasteiger partial charge in [0.25, 0.3) is 5.24 Å². The first kappa shape index (κ1) is 4.46. The maximum Gasteiger partial charge on any atom is 0.293 e. The molecule has 0 spiro atoms. The van der Waals surface area contributed by atoms with Crippen molar-refractivity contribution in [1.82, 2.24) is 0 Å². The Labute approximate surface area is 42.5 Å². The predicted molar refractivity (Wildman–Crippen MR) is 27.7 cm³/mol. The van der Waals surface area contributed by atoms with Crippen molar-refractivity contribution in [2.45, 2.75) is 0 Å². The second-order valence-corrected chi connectivity index (χ2v) is 2.31. The number of hydrogen-bond donors (Lipinski definition) is 0. The van der Waals surface area contributed by atoms with Crippen LogP contribution >= 0.6 is 0 Å². The lowest BCUT2D eigenvalue weighted by molar-refractivity contribution is 0.526. The summed E-state index contributed by atoms with van der Waals surface area (Å²) in [6, 6.07) is 1.75. The van der Waals surface area contributed by atoms with Gasteiger partial charge in [-0.3, -0.25) is 4.79 Å². The van der Waals surface area contributed by atoms with Gasteiger partial charge in [0.05, 0.1) is 6.26 Å². The van der Waals surface area contributed by atoms with E-state index in [0.29, 0.717) is 0 Å². The summed E-state index contributed by atoms with van der Waals surface area (Å²) in [5, 5.41) is -0.0949. The van der Waals surface area contributed by atoms with E-state index in [1.54, 1.807) is 6.07 Å². The molecule has 0 amide bonds. The fourth-order valence-electron chi connectivity index (χ4n) is 0.325. The van der Waals surface area contributed by atoms with Crippen LogP contribution < -0.4 is 5.24 Å². The quantitative estimate of drug-likeness (QED) is 0.432. The van der Waals surface area contributed by atoms with Crippen LogP contribution in [0.25, 0.3) is 0 Å². The smallest absolute Gasteiger partial charge is 0.293 e.